The number of amides is 2. The molecule has 4 nitrogen and oxygen atoms in total. The van der Waals surface area contributed by atoms with Crippen LogP contribution in [-0.4, -0.2) is 34.7 Å². The number of carbonyl (C=O) groups is 1. The molecular weight excluding hydrogens is 156 g/mol. The molecule has 1 rings (SSSR count). The Hall–Kier alpha value is -0.770. The minimum atomic E-state index is -0.704. The molecule has 1 atom stereocenters. The summed E-state index contributed by atoms with van der Waals surface area (Å²) in [7, 11) is 0. The average Bonchev–Trinajstić information content (AvgIpc) is 2.30. The van der Waals surface area contributed by atoms with Gasteiger partial charge in [-0.3, -0.25) is 0 Å². The van der Waals surface area contributed by atoms with Crippen LogP contribution >= 0.6 is 0 Å². The predicted octanol–water partition coefficient (Wildman–Crippen LogP) is 0.158. The summed E-state index contributed by atoms with van der Waals surface area (Å²) in [6.07, 6.45) is 0.840. The molecule has 0 aromatic heterocycles. The summed E-state index contributed by atoms with van der Waals surface area (Å²) in [5, 5.41) is 9.64. The fraction of sp³-hybridized carbons (Fsp3) is 0.875. The van der Waals surface area contributed by atoms with Crippen LogP contribution < -0.4 is 5.73 Å². The maximum atomic E-state index is 10.7. The van der Waals surface area contributed by atoms with Crippen molar-refractivity contribution in [2.45, 2.75) is 25.9 Å². The Balaban J connectivity index is 2.51. The zero-order valence-corrected chi connectivity index (χ0v) is 7.58. The van der Waals surface area contributed by atoms with Crippen molar-refractivity contribution >= 4 is 6.03 Å². The topological polar surface area (TPSA) is 66.6 Å². The fourth-order valence-corrected chi connectivity index (χ4v) is 1.54. The summed E-state index contributed by atoms with van der Waals surface area (Å²) < 4.78 is 0. The first-order valence-electron chi connectivity index (χ1n) is 4.18. The van der Waals surface area contributed by atoms with Crippen LogP contribution in [0.25, 0.3) is 0 Å². The van der Waals surface area contributed by atoms with Gasteiger partial charge in [0.25, 0.3) is 0 Å². The average molecular weight is 172 g/mol. The monoisotopic (exact) mass is 172 g/mol. The number of nitrogens with two attached hydrogens (primary N) is 1. The van der Waals surface area contributed by atoms with Gasteiger partial charge in [-0.1, -0.05) is 0 Å². The van der Waals surface area contributed by atoms with Crippen LogP contribution in [0.3, 0.4) is 0 Å². The Labute approximate surface area is 72.3 Å². The SMILES string of the molecule is CC(C)(O)C1CCN(C(N)=O)C1. The number of primary amides is 1. The number of hydrogen-bond acceptors (Lipinski definition) is 2. The predicted molar refractivity (Wildman–Crippen MR) is 45.6 cm³/mol. The van der Waals surface area contributed by atoms with E-state index < -0.39 is 5.60 Å². The number of rotatable bonds is 1. The Morgan fingerprint density at radius 3 is 2.50 bits per heavy atom. The molecule has 0 aromatic carbocycles. The second-order valence-corrected chi connectivity index (χ2v) is 3.92. The number of carbonyl (C=O) groups excluding carboxylic acids is 1. The quantitative estimate of drug-likeness (QED) is 0.591. The number of hydrogen-bond donors (Lipinski definition) is 2. The highest BCUT2D eigenvalue weighted by Crippen LogP contribution is 2.26. The second-order valence-electron chi connectivity index (χ2n) is 3.92. The van der Waals surface area contributed by atoms with Crippen LogP contribution in [0.1, 0.15) is 20.3 Å². The van der Waals surface area contributed by atoms with Gasteiger partial charge in [-0.05, 0) is 20.3 Å². The van der Waals surface area contributed by atoms with E-state index in [0.717, 1.165) is 6.42 Å². The third-order valence-electron chi connectivity index (χ3n) is 2.50. The summed E-state index contributed by atoms with van der Waals surface area (Å²) in [6.45, 7) is 4.78. The molecule has 0 saturated carbocycles. The summed E-state index contributed by atoms with van der Waals surface area (Å²) in [5.41, 5.74) is 4.40. The minimum Gasteiger partial charge on any atom is -0.390 e. The smallest absolute Gasteiger partial charge is 0.314 e. The first-order valence-corrected chi connectivity index (χ1v) is 4.18. The van der Waals surface area contributed by atoms with E-state index in [1.807, 2.05) is 0 Å². The van der Waals surface area contributed by atoms with E-state index in [2.05, 4.69) is 0 Å². The van der Waals surface area contributed by atoms with E-state index in [1.165, 1.54) is 0 Å². The van der Waals surface area contributed by atoms with Crippen LogP contribution in [0, 0.1) is 5.92 Å². The first-order chi connectivity index (χ1) is 5.41. The first kappa shape index (κ1) is 9.32. The molecule has 1 aliphatic heterocycles. The molecule has 12 heavy (non-hydrogen) atoms. The molecule has 1 aliphatic rings. The molecule has 0 radical (unpaired) electrons. The van der Waals surface area contributed by atoms with Gasteiger partial charge in [-0.2, -0.15) is 0 Å². The minimum absolute atomic E-state index is 0.157. The number of urea groups is 1. The van der Waals surface area contributed by atoms with Gasteiger partial charge in [0.1, 0.15) is 0 Å². The van der Waals surface area contributed by atoms with Crippen LogP contribution in [-0.2, 0) is 0 Å². The Morgan fingerprint density at radius 2 is 2.25 bits per heavy atom. The van der Waals surface area contributed by atoms with Crippen molar-refractivity contribution in [3.63, 3.8) is 0 Å². The number of nitrogens with zero attached hydrogens (tertiary/aromatic N) is 1. The largest absolute Gasteiger partial charge is 0.390 e. The van der Waals surface area contributed by atoms with Gasteiger partial charge in [-0.15, -0.1) is 0 Å². The van der Waals surface area contributed by atoms with Crippen LogP contribution in [0.2, 0.25) is 0 Å². The number of likely N-dealkylation sites (tertiary alicyclic amines) is 1. The van der Waals surface area contributed by atoms with E-state index in [0.29, 0.717) is 13.1 Å². The lowest BCUT2D eigenvalue weighted by molar-refractivity contribution is 0.0226. The van der Waals surface area contributed by atoms with Crippen LogP contribution in [0.5, 0.6) is 0 Å². The lowest BCUT2D eigenvalue weighted by atomic mass is 9.91. The number of aliphatic hydroxyl groups is 1. The fourth-order valence-electron chi connectivity index (χ4n) is 1.54. The lowest BCUT2D eigenvalue weighted by Gasteiger charge is -2.25. The molecule has 1 saturated heterocycles. The van der Waals surface area contributed by atoms with Gasteiger partial charge in [0, 0.05) is 19.0 Å². The van der Waals surface area contributed by atoms with Crippen molar-refractivity contribution in [1.82, 2.24) is 4.90 Å². The maximum absolute atomic E-state index is 10.7. The zero-order valence-electron chi connectivity index (χ0n) is 7.58. The van der Waals surface area contributed by atoms with Gasteiger partial charge < -0.3 is 15.7 Å². The lowest BCUT2D eigenvalue weighted by Crippen LogP contribution is -2.37. The molecule has 2 amide bonds. The molecule has 4 heteroatoms. The molecule has 1 heterocycles. The molecule has 70 valence electrons. The zero-order chi connectivity index (χ0) is 9.35. The molecule has 0 aliphatic carbocycles. The Morgan fingerprint density at radius 1 is 1.67 bits per heavy atom. The molecule has 1 fully saturated rings. The van der Waals surface area contributed by atoms with Gasteiger partial charge in [0.05, 0.1) is 5.60 Å². The Bertz CT molecular complexity index is 186. The van der Waals surface area contributed by atoms with Gasteiger partial charge in [0.2, 0.25) is 0 Å². The summed E-state index contributed by atoms with van der Waals surface area (Å²) >= 11 is 0. The van der Waals surface area contributed by atoms with E-state index in [-0.39, 0.29) is 11.9 Å². The third kappa shape index (κ3) is 1.88. The van der Waals surface area contributed by atoms with Crippen molar-refractivity contribution in [1.29, 1.82) is 0 Å². The van der Waals surface area contributed by atoms with E-state index in [1.54, 1.807) is 18.7 Å². The normalized spacial score (nSPS) is 24.6. The highest BCUT2D eigenvalue weighted by atomic mass is 16.3. The molecule has 3 N–H and O–H groups in total. The van der Waals surface area contributed by atoms with Crippen molar-refractivity contribution in [2.75, 3.05) is 13.1 Å². The molecular formula is C8H16N2O2. The van der Waals surface area contributed by atoms with Crippen molar-refractivity contribution in [3.05, 3.63) is 0 Å². The third-order valence-corrected chi connectivity index (χ3v) is 2.50. The molecule has 1 unspecified atom stereocenters. The van der Waals surface area contributed by atoms with Gasteiger partial charge in [-0.25, -0.2) is 4.79 Å². The molecule has 0 aromatic rings. The summed E-state index contributed by atoms with van der Waals surface area (Å²) in [5.74, 6) is 0.157. The van der Waals surface area contributed by atoms with Crippen molar-refractivity contribution in [3.8, 4) is 0 Å². The molecule has 0 bridgehead atoms. The van der Waals surface area contributed by atoms with Gasteiger partial charge >= 0.3 is 6.03 Å². The summed E-state index contributed by atoms with van der Waals surface area (Å²) in [4.78, 5) is 12.3. The van der Waals surface area contributed by atoms with Crippen LogP contribution in [0.4, 0.5) is 4.79 Å². The van der Waals surface area contributed by atoms with Crippen LogP contribution in [0.15, 0.2) is 0 Å². The van der Waals surface area contributed by atoms with E-state index >= 15 is 0 Å². The van der Waals surface area contributed by atoms with Gasteiger partial charge in [0.15, 0.2) is 0 Å². The van der Waals surface area contributed by atoms with Crippen molar-refractivity contribution < 1.29 is 9.90 Å². The molecule has 0 spiro atoms. The van der Waals surface area contributed by atoms with E-state index in [9.17, 15) is 9.90 Å². The Kier molecular flexibility index (Phi) is 2.28. The summed E-state index contributed by atoms with van der Waals surface area (Å²) in [6, 6.07) is -0.387. The standard InChI is InChI=1S/C8H16N2O2/c1-8(2,12)6-3-4-10(5-6)7(9)11/h6,12H,3-5H2,1-2H3,(H2,9,11). The van der Waals surface area contributed by atoms with Crippen molar-refractivity contribution in [2.24, 2.45) is 11.7 Å². The highest BCUT2D eigenvalue weighted by Gasteiger charge is 2.34. The maximum Gasteiger partial charge on any atom is 0.314 e. The second kappa shape index (κ2) is 2.94. The van der Waals surface area contributed by atoms with E-state index in [4.69, 9.17) is 5.73 Å². The highest BCUT2D eigenvalue weighted by molar-refractivity contribution is 5.72.